The Hall–Kier alpha value is -3.54. The van der Waals surface area contributed by atoms with E-state index in [1.165, 1.54) is 18.2 Å². The summed E-state index contributed by atoms with van der Waals surface area (Å²) in [7, 11) is 0. The summed E-state index contributed by atoms with van der Waals surface area (Å²) in [6, 6.07) is 15.3. The molecule has 0 saturated carbocycles. The molecule has 27 heavy (non-hydrogen) atoms. The number of carbonyl (C=O) groups is 1. The molecular formula is C21H18FN3O2. The lowest BCUT2D eigenvalue weighted by molar-refractivity contribution is -0.117. The predicted octanol–water partition coefficient (Wildman–Crippen LogP) is 4.30. The summed E-state index contributed by atoms with van der Waals surface area (Å²) >= 11 is 0. The van der Waals surface area contributed by atoms with E-state index in [1.807, 2.05) is 25.1 Å². The number of aromatic nitrogens is 2. The first-order valence-electron chi connectivity index (χ1n) is 8.40. The molecule has 1 atom stereocenters. The highest BCUT2D eigenvalue weighted by molar-refractivity contribution is 5.92. The zero-order chi connectivity index (χ0) is 19.1. The van der Waals surface area contributed by atoms with Crippen LogP contribution in [0.1, 0.15) is 24.1 Å². The topological polar surface area (TPSA) is 64.1 Å². The predicted molar refractivity (Wildman–Crippen MR) is 101 cm³/mol. The van der Waals surface area contributed by atoms with E-state index in [4.69, 9.17) is 4.74 Å². The summed E-state index contributed by atoms with van der Waals surface area (Å²) in [5, 5.41) is 2.84. The van der Waals surface area contributed by atoms with Gasteiger partial charge in [0.25, 0.3) is 0 Å². The SMILES string of the molecule is CC(NC(=O)C=Cc1ccccc1F)c1cccc(Oc2ncccn2)c1. The molecule has 0 radical (unpaired) electrons. The van der Waals surface area contributed by atoms with Crippen molar-refractivity contribution < 1.29 is 13.9 Å². The van der Waals surface area contributed by atoms with Crippen molar-refractivity contribution in [3.63, 3.8) is 0 Å². The number of nitrogens with one attached hydrogen (secondary N) is 1. The molecule has 136 valence electrons. The van der Waals surface area contributed by atoms with Gasteiger partial charge in [-0.25, -0.2) is 14.4 Å². The fourth-order valence-corrected chi connectivity index (χ4v) is 2.41. The summed E-state index contributed by atoms with van der Waals surface area (Å²) in [5.41, 5.74) is 1.22. The van der Waals surface area contributed by atoms with E-state index in [0.29, 0.717) is 11.3 Å². The smallest absolute Gasteiger partial charge is 0.321 e. The van der Waals surface area contributed by atoms with E-state index >= 15 is 0 Å². The molecule has 1 amide bonds. The number of amides is 1. The van der Waals surface area contributed by atoms with Crippen LogP contribution in [-0.4, -0.2) is 15.9 Å². The Morgan fingerprint density at radius 2 is 1.89 bits per heavy atom. The average molecular weight is 363 g/mol. The Morgan fingerprint density at radius 1 is 1.11 bits per heavy atom. The highest BCUT2D eigenvalue weighted by Crippen LogP contribution is 2.22. The van der Waals surface area contributed by atoms with Crippen molar-refractivity contribution in [2.45, 2.75) is 13.0 Å². The third kappa shape index (κ3) is 5.22. The van der Waals surface area contributed by atoms with E-state index in [9.17, 15) is 9.18 Å². The van der Waals surface area contributed by atoms with Crippen LogP contribution >= 0.6 is 0 Å². The summed E-state index contributed by atoms with van der Waals surface area (Å²) in [6.45, 7) is 1.85. The first-order chi connectivity index (χ1) is 13.1. The van der Waals surface area contributed by atoms with E-state index < -0.39 is 0 Å². The Balaban J connectivity index is 1.63. The summed E-state index contributed by atoms with van der Waals surface area (Å²) in [5.74, 6) is -0.118. The molecule has 3 rings (SSSR count). The molecule has 6 heteroatoms. The van der Waals surface area contributed by atoms with Crippen molar-refractivity contribution in [2.24, 2.45) is 0 Å². The lowest BCUT2D eigenvalue weighted by Crippen LogP contribution is -2.24. The molecule has 0 bridgehead atoms. The van der Waals surface area contributed by atoms with Crippen LogP contribution in [0.2, 0.25) is 0 Å². The summed E-state index contributed by atoms with van der Waals surface area (Å²) in [6.07, 6.45) is 5.95. The standard InChI is InChI=1S/C21H18FN3O2/c1-15(25-20(26)11-10-16-6-2-3-9-19(16)22)17-7-4-8-18(14-17)27-21-23-12-5-13-24-21/h2-15H,1H3,(H,25,26). The maximum Gasteiger partial charge on any atom is 0.321 e. The highest BCUT2D eigenvalue weighted by atomic mass is 19.1. The third-order valence-electron chi connectivity index (χ3n) is 3.79. The average Bonchev–Trinajstić information content (AvgIpc) is 2.68. The van der Waals surface area contributed by atoms with Gasteiger partial charge in [-0.15, -0.1) is 0 Å². The van der Waals surface area contributed by atoms with Crippen LogP contribution in [0, 0.1) is 5.82 Å². The van der Waals surface area contributed by atoms with Crippen molar-refractivity contribution in [1.82, 2.24) is 15.3 Å². The molecule has 5 nitrogen and oxygen atoms in total. The minimum atomic E-state index is -0.373. The van der Waals surface area contributed by atoms with Crippen molar-refractivity contribution >= 4 is 12.0 Å². The number of carbonyl (C=O) groups excluding carboxylic acids is 1. The van der Waals surface area contributed by atoms with Crippen LogP contribution in [-0.2, 0) is 4.79 Å². The maximum absolute atomic E-state index is 13.6. The van der Waals surface area contributed by atoms with Crippen LogP contribution in [0.15, 0.2) is 73.1 Å². The lowest BCUT2D eigenvalue weighted by Gasteiger charge is -2.14. The van der Waals surface area contributed by atoms with Crippen LogP contribution in [0.5, 0.6) is 11.8 Å². The van der Waals surface area contributed by atoms with Crippen LogP contribution in [0.25, 0.3) is 6.08 Å². The van der Waals surface area contributed by atoms with Gasteiger partial charge in [-0.1, -0.05) is 30.3 Å². The number of hydrogen-bond donors (Lipinski definition) is 1. The van der Waals surface area contributed by atoms with Gasteiger partial charge in [0.15, 0.2) is 0 Å². The third-order valence-corrected chi connectivity index (χ3v) is 3.79. The Labute approximate surface area is 156 Å². The molecular weight excluding hydrogens is 345 g/mol. The fourth-order valence-electron chi connectivity index (χ4n) is 2.41. The van der Waals surface area contributed by atoms with Crippen LogP contribution in [0.4, 0.5) is 4.39 Å². The Kier molecular flexibility index (Phi) is 5.89. The number of halogens is 1. The molecule has 3 aromatic rings. The molecule has 0 aliphatic carbocycles. The first kappa shape index (κ1) is 18.3. The molecule has 1 N–H and O–H groups in total. The van der Waals surface area contributed by atoms with Gasteiger partial charge >= 0.3 is 6.01 Å². The van der Waals surface area contributed by atoms with Gasteiger partial charge < -0.3 is 10.1 Å². The Bertz CT molecular complexity index is 945. The minimum absolute atomic E-state index is 0.249. The van der Waals surface area contributed by atoms with Gasteiger partial charge in [-0.05, 0) is 42.8 Å². The van der Waals surface area contributed by atoms with Gasteiger partial charge in [0.1, 0.15) is 11.6 Å². The Morgan fingerprint density at radius 3 is 2.67 bits per heavy atom. The van der Waals surface area contributed by atoms with E-state index in [0.717, 1.165) is 5.56 Å². The summed E-state index contributed by atoms with van der Waals surface area (Å²) in [4.78, 5) is 20.1. The number of rotatable bonds is 6. The maximum atomic E-state index is 13.6. The second-order valence-electron chi connectivity index (χ2n) is 5.79. The lowest BCUT2D eigenvalue weighted by atomic mass is 10.1. The number of ether oxygens (including phenoxy) is 1. The van der Waals surface area contributed by atoms with E-state index in [1.54, 1.807) is 42.7 Å². The number of hydrogen-bond acceptors (Lipinski definition) is 4. The van der Waals surface area contributed by atoms with Crippen LogP contribution < -0.4 is 10.1 Å². The monoisotopic (exact) mass is 363 g/mol. The van der Waals surface area contributed by atoms with Gasteiger partial charge in [-0.2, -0.15) is 0 Å². The van der Waals surface area contributed by atoms with Gasteiger partial charge in [0, 0.05) is 24.0 Å². The molecule has 0 fully saturated rings. The normalized spacial score (nSPS) is 11.9. The number of nitrogens with zero attached hydrogens (tertiary/aromatic N) is 2. The fraction of sp³-hybridized carbons (Fsp3) is 0.0952. The highest BCUT2D eigenvalue weighted by Gasteiger charge is 2.09. The molecule has 2 aromatic carbocycles. The quantitative estimate of drug-likeness (QED) is 0.663. The largest absolute Gasteiger partial charge is 0.424 e. The van der Waals surface area contributed by atoms with Crippen molar-refractivity contribution in [3.05, 3.63) is 90.0 Å². The van der Waals surface area contributed by atoms with Gasteiger partial charge in [0.2, 0.25) is 5.91 Å². The second-order valence-corrected chi connectivity index (χ2v) is 5.79. The molecule has 0 saturated heterocycles. The molecule has 0 aliphatic rings. The molecule has 1 aromatic heterocycles. The van der Waals surface area contributed by atoms with E-state index in [-0.39, 0.29) is 23.8 Å². The van der Waals surface area contributed by atoms with Crippen molar-refractivity contribution in [1.29, 1.82) is 0 Å². The van der Waals surface area contributed by atoms with Crippen LogP contribution in [0.3, 0.4) is 0 Å². The van der Waals surface area contributed by atoms with Gasteiger partial charge in [0.05, 0.1) is 6.04 Å². The molecule has 0 aliphatic heterocycles. The number of benzene rings is 2. The van der Waals surface area contributed by atoms with Gasteiger partial charge in [-0.3, -0.25) is 4.79 Å². The zero-order valence-corrected chi connectivity index (χ0v) is 14.7. The minimum Gasteiger partial charge on any atom is -0.424 e. The molecule has 1 heterocycles. The molecule has 0 spiro atoms. The second kappa shape index (κ2) is 8.71. The summed E-state index contributed by atoms with van der Waals surface area (Å²) < 4.78 is 19.2. The van der Waals surface area contributed by atoms with Crippen molar-refractivity contribution in [2.75, 3.05) is 0 Å². The van der Waals surface area contributed by atoms with E-state index in [2.05, 4.69) is 15.3 Å². The molecule has 1 unspecified atom stereocenters. The first-order valence-corrected chi connectivity index (χ1v) is 8.40. The zero-order valence-electron chi connectivity index (χ0n) is 14.7. The van der Waals surface area contributed by atoms with Crippen molar-refractivity contribution in [3.8, 4) is 11.8 Å².